The fourth-order valence-electron chi connectivity index (χ4n) is 2.79. The molecule has 1 atom stereocenters. The van der Waals surface area contributed by atoms with E-state index >= 15 is 0 Å². The van der Waals surface area contributed by atoms with E-state index in [1.54, 1.807) is 24.3 Å². The van der Waals surface area contributed by atoms with Gasteiger partial charge < -0.3 is 10.6 Å². The quantitative estimate of drug-likeness (QED) is 0.774. The van der Waals surface area contributed by atoms with E-state index in [9.17, 15) is 13.2 Å². The summed E-state index contributed by atoms with van der Waals surface area (Å²) < 4.78 is 22.1. The Morgan fingerprint density at radius 1 is 1.36 bits per heavy atom. The number of piperidine rings is 1. The molecule has 7 heteroatoms. The molecule has 0 saturated carbocycles. The third-order valence-corrected chi connectivity index (χ3v) is 4.72. The van der Waals surface area contributed by atoms with Gasteiger partial charge in [0.2, 0.25) is 15.9 Å². The molecule has 1 heterocycles. The fraction of sp³-hybridized carbons (Fsp3) is 0.533. The molecule has 0 radical (unpaired) electrons. The molecule has 0 spiro atoms. The first kappa shape index (κ1) is 16.9. The van der Waals surface area contributed by atoms with Crippen molar-refractivity contribution < 1.29 is 13.2 Å². The fourth-order valence-corrected chi connectivity index (χ4v) is 3.45. The van der Waals surface area contributed by atoms with Crippen molar-refractivity contribution in [2.75, 3.05) is 11.9 Å². The summed E-state index contributed by atoms with van der Waals surface area (Å²) >= 11 is 0. The molecule has 22 heavy (non-hydrogen) atoms. The van der Waals surface area contributed by atoms with Crippen LogP contribution in [0.2, 0.25) is 0 Å². The molecule has 0 aliphatic carbocycles. The smallest absolute Gasteiger partial charge is 0.242 e. The summed E-state index contributed by atoms with van der Waals surface area (Å²) in [5.41, 5.74) is 1.15. The highest BCUT2D eigenvalue weighted by molar-refractivity contribution is 7.88. The number of carbonyl (C=O) groups excluding carboxylic acids is 1. The van der Waals surface area contributed by atoms with Crippen LogP contribution in [0.15, 0.2) is 24.3 Å². The number of rotatable bonds is 4. The van der Waals surface area contributed by atoms with Crippen LogP contribution in [0.1, 0.15) is 32.3 Å². The summed E-state index contributed by atoms with van der Waals surface area (Å²) in [7, 11) is -3.54. The molecule has 4 N–H and O–H groups in total. The van der Waals surface area contributed by atoms with Gasteiger partial charge in [-0.3, -0.25) is 4.79 Å². The number of primary sulfonamides is 1. The van der Waals surface area contributed by atoms with Crippen molar-refractivity contribution in [1.82, 2.24) is 5.32 Å². The summed E-state index contributed by atoms with van der Waals surface area (Å²) in [6.45, 7) is 5.01. The number of amides is 1. The van der Waals surface area contributed by atoms with Crippen LogP contribution in [-0.2, 0) is 20.6 Å². The maximum Gasteiger partial charge on any atom is 0.242 e. The largest absolute Gasteiger partial charge is 0.325 e. The van der Waals surface area contributed by atoms with Crippen molar-refractivity contribution >= 4 is 21.6 Å². The highest BCUT2D eigenvalue weighted by Crippen LogP contribution is 2.30. The van der Waals surface area contributed by atoms with Gasteiger partial charge in [-0.2, -0.15) is 0 Å². The third kappa shape index (κ3) is 4.53. The first-order valence-electron chi connectivity index (χ1n) is 7.31. The summed E-state index contributed by atoms with van der Waals surface area (Å²) in [5, 5.41) is 11.1. The Morgan fingerprint density at radius 3 is 2.55 bits per heavy atom. The van der Waals surface area contributed by atoms with Crippen LogP contribution in [0, 0.1) is 5.41 Å². The molecule has 0 aromatic heterocycles. The number of hydrogen-bond acceptors (Lipinski definition) is 4. The minimum Gasteiger partial charge on any atom is -0.325 e. The molecular weight excluding hydrogens is 302 g/mol. The van der Waals surface area contributed by atoms with E-state index < -0.39 is 10.0 Å². The average Bonchev–Trinajstić information content (AvgIpc) is 2.38. The monoisotopic (exact) mass is 325 g/mol. The first-order chi connectivity index (χ1) is 10.2. The lowest BCUT2D eigenvalue weighted by atomic mass is 9.77. The van der Waals surface area contributed by atoms with Gasteiger partial charge in [-0.1, -0.05) is 26.0 Å². The van der Waals surface area contributed by atoms with Crippen LogP contribution < -0.4 is 15.8 Å². The van der Waals surface area contributed by atoms with Crippen molar-refractivity contribution in [2.45, 2.75) is 38.5 Å². The molecule has 0 bridgehead atoms. The molecule has 1 aromatic carbocycles. The number of hydrogen-bond donors (Lipinski definition) is 3. The van der Waals surface area contributed by atoms with Crippen molar-refractivity contribution in [1.29, 1.82) is 0 Å². The predicted octanol–water partition coefficient (Wildman–Crippen LogP) is 1.19. The van der Waals surface area contributed by atoms with Crippen molar-refractivity contribution in [3.8, 4) is 0 Å². The standard InChI is InChI=1S/C15H23N3O3S/c1-15(2)8-3-9-17-13(15)14(19)18-12-6-4-11(5-7-12)10-22(16,20)21/h4-7,13,17H,3,8-10H2,1-2H3,(H,18,19)(H2,16,20,21). The maximum absolute atomic E-state index is 12.4. The molecule has 1 aromatic rings. The number of nitrogens with two attached hydrogens (primary N) is 1. The Labute approximate surface area is 131 Å². The normalized spacial score (nSPS) is 21.3. The SMILES string of the molecule is CC1(C)CCCNC1C(=O)Nc1ccc(CS(N)(=O)=O)cc1. The summed E-state index contributed by atoms with van der Waals surface area (Å²) in [5.74, 6) is -0.276. The van der Waals surface area contributed by atoms with E-state index in [1.807, 2.05) is 0 Å². The Kier molecular flexibility index (Phi) is 4.89. The summed E-state index contributed by atoms with van der Waals surface area (Å²) in [4.78, 5) is 12.4. The Bertz CT molecular complexity index is 639. The van der Waals surface area contributed by atoms with Gasteiger partial charge >= 0.3 is 0 Å². The van der Waals surface area contributed by atoms with Crippen LogP contribution in [0.3, 0.4) is 0 Å². The van der Waals surface area contributed by atoms with Crippen LogP contribution in [0.5, 0.6) is 0 Å². The first-order valence-corrected chi connectivity index (χ1v) is 9.03. The third-order valence-electron chi connectivity index (χ3n) is 3.98. The average molecular weight is 325 g/mol. The lowest BCUT2D eigenvalue weighted by molar-refractivity contribution is -0.121. The van der Waals surface area contributed by atoms with Crippen LogP contribution in [-0.4, -0.2) is 26.9 Å². The molecule has 1 fully saturated rings. The molecule has 6 nitrogen and oxygen atoms in total. The number of sulfonamides is 1. The highest BCUT2D eigenvalue weighted by atomic mass is 32.2. The second kappa shape index (κ2) is 6.36. The number of carbonyl (C=O) groups is 1. The van der Waals surface area contributed by atoms with Crippen LogP contribution in [0.25, 0.3) is 0 Å². The molecule has 1 amide bonds. The predicted molar refractivity (Wildman–Crippen MR) is 86.7 cm³/mol. The zero-order chi connectivity index (χ0) is 16.4. The summed E-state index contributed by atoms with van der Waals surface area (Å²) in [6.07, 6.45) is 2.07. The van der Waals surface area contributed by atoms with Gasteiger partial charge in [-0.05, 0) is 42.5 Å². The maximum atomic E-state index is 12.4. The van der Waals surface area contributed by atoms with E-state index in [0.717, 1.165) is 19.4 Å². The van der Waals surface area contributed by atoms with Crippen molar-refractivity contribution in [2.24, 2.45) is 10.6 Å². The van der Waals surface area contributed by atoms with E-state index in [4.69, 9.17) is 5.14 Å². The van der Waals surface area contributed by atoms with Gasteiger partial charge in [0.15, 0.2) is 0 Å². The van der Waals surface area contributed by atoms with Gasteiger partial charge in [0.05, 0.1) is 11.8 Å². The second-order valence-electron chi connectivity index (χ2n) is 6.47. The van der Waals surface area contributed by atoms with E-state index in [0.29, 0.717) is 11.3 Å². The van der Waals surface area contributed by atoms with Gasteiger partial charge in [0.1, 0.15) is 0 Å². The van der Waals surface area contributed by atoms with Crippen LogP contribution in [0.4, 0.5) is 5.69 Å². The molecule has 1 aliphatic heterocycles. The lowest BCUT2D eigenvalue weighted by Gasteiger charge is -2.38. The lowest BCUT2D eigenvalue weighted by Crippen LogP contribution is -2.53. The molecular formula is C15H23N3O3S. The second-order valence-corrected chi connectivity index (χ2v) is 8.09. The molecule has 122 valence electrons. The zero-order valence-corrected chi connectivity index (χ0v) is 13.7. The number of benzene rings is 1. The molecule has 1 aliphatic rings. The van der Waals surface area contributed by atoms with Crippen molar-refractivity contribution in [3.05, 3.63) is 29.8 Å². The topological polar surface area (TPSA) is 101 Å². The Hall–Kier alpha value is -1.44. The number of anilines is 1. The van der Waals surface area contributed by atoms with Crippen LogP contribution >= 0.6 is 0 Å². The molecule has 1 saturated heterocycles. The Balaban J connectivity index is 2.03. The van der Waals surface area contributed by atoms with Gasteiger partial charge in [0, 0.05) is 5.69 Å². The van der Waals surface area contributed by atoms with Gasteiger partial charge in [-0.15, -0.1) is 0 Å². The summed E-state index contributed by atoms with van der Waals surface area (Å²) in [6, 6.07) is 6.45. The minimum absolute atomic E-state index is 0.0658. The van der Waals surface area contributed by atoms with Gasteiger partial charge in [0.25, 0.3) is 0 Å². The van der Waals surface area contributed by atoms with E-state index in [-0.39, 0.29) is 23.1 Å². The molecule has 2 rings (SSSR count). The van der Waals surface area contributed by atoms with Gasteiger partial charge in [-0.25, -0.2) is 13.6 Å². The minimum atomic E-state index is -3.54. The highest BCUT2D eigenvalue weighted by Gasteiger charge is 2.36. The number of nitrogens with one attached hydrogen (secondary N) is 2. The zero-order valence-electron chi connectivity index (χ0n) is 12.9. The van der Waals surface area contributed by atoms with E-state index in [2.05, 4.69) is 24.5 Å². The van der Waals surface area contributed by atoms with Crippen molar-refractivity contribution in [3.63, 3.8) is 0 Å². The van der Waals surface area contributed by atoms with E-state index in [1.165, 1.54) is 0 Å². The molecule has 1 unspecified atom stereocenters. The Morgan fingerprint density at radius 2 is 2.00 bits per heavy atom.